The highest BCUT2D eigenvalue weighted by atomic mass is 31.2. The van der Waals surface area contributed by atoms with Gasteiger partial charge in [0.2, 0.25) is 0 Å². The quantitative estimate of drug-likeness (QED) is 0.589. The second kappa shape index (κ2) is 6.83. The molecule has 1 atom stereocenters. The van der Waals surface area contributed by atoms with Gasteiger partial charge < -0.3 is 9.42 Å². The molecule has 3 nitrogen and oxygen atoms in total. The minimum Gasteiger partial charge on any atom is -0.424 e. The first-order chi connectivity index (χ1) is 8.03. The van der Waals surface area contributed by atoms with Gasteiger partial charge >= 0.3 is 7.60 Å². The molecule has 1 unspecified atom stereocenters. The minimum atomic E-state index is -3.47. The molecule has 0 amide bonds. The number of rotatable bonds is 7. The van der Waals surface area contributed by atoms with E-state index >= 15 is 0 Å². The van der Waals surface area contributed by atoms with E-state index in [1.54, 1.807) is 12.1 Å². The van der Waals surface area contributed by atoms with E-state index in [1.165, 1.54) is 0 Å². The lowest BCUT2D eigenvalue weighted by atomic mass is 10.2. The van der Waals surface area contributed by atoms with E-state index in [0.717, 1.165) is 31.2 Å². The van der Waals surface area contributed by atoms with Crippen molar-refractivity contribution in [3.8, 4) is 5.75 Å². The fourth-order valence-corrected chi connectivity index (χ4v) is 2.71. The molecule has 0 heterocycles. The maximum absolute atomic E-state index is 11.8. The van der Waals surface area contributed by atoms with Crippen molar-refractivity contribution < 1.29 is 14.0 Å². The Bertz CT molecular complexity index is 373. The SMILES string of the molecule is CCCCCCP(=O)(O)Oc1ccc(C)cc1. The van der Waals surface area contributed by atoms with Crippen molar-refractivity contribution in [1.29, 1.82) is 0 Å². The summed E-state index contributed by atoms with van der Waals surface area (Å²) >= 11 is 0. The molecular formula is C13H21O3P. The molecule has 0 aliphatic rings. The predicted octanol–water partition coefficient (Wildman–Crippen LogP) is 4.14. The number of hydrogen-bond donors (Lipinski definition) is 1. The van der Waals surface area contributed by atoms with E-state index in [4.69, 9.17) is 4.52 Å². The molecule has 0 aliphatic heterocycles. The van der Waals surface area contributed by atoms with Gasteiger partial charge in [-0.3, -0.25) is 0 Å². The fourth-order valence-electron chi connectivity index (χ4n) is 1.55. The summed E-state index contributed by atoms with van der Waals surface area (Å²) in [6.45, 7) is 4.08. The largest absolute Gasteiger partial charge is 0.424 e. The molecule has 0 aliphatic carbocycles. The molecule has 0 radical (unpaired) electrons. The Labute approximate surface area is 103 Å². The van der Waals surface area contributed by atoms with E-state index in [-0.39, 0.29) is 6.16 Å². The molecule has 0 fully saturated rings. The van der Waals surface area contributed by atoms with Crippen LogP contribution in [-0.4, -0.2) is 11.1 Å². The smallest absolute Gasteiger partial charge is 0.376 e. The first-order valence-electron chi connectivity index (χ1n) is 6.11. The summed E-state index contributed by atoms with van der Waals surface area (Å²) in [5.41, 5.74) is 1.10. The van der Waals surface area contributed by atoms with Gasteiger partial charge in [0.05, 0.1) is 6.16 Å². The van der Waals surface area contributed by atoms with E-state index in [9.17, 15) is 9.46 Å². The number of benzene rings is 1. The van der Waals surface area contributed by atoms with Crippen LogP contribution in [0.1, 0.15) is 38.2 Å². The van der Waals surface area contributed by atoms with Gasteiger partial charge in [-0.2, -0.15) is 0 Å². The van der Waals surface area contributed by atoms with Crippen LogP contribution < -0.4 is 4.52 Å². The van der Waals surface area contributed by atoms with Crippen LogP contribution in [0.15, 0.2) is 24.3 Å². The summed E-state index contributed by atoms with van der Waals surface area (Å²) in [5, 5.41) is 0. The van der Waals surface area contributed by atoms with Crippen LogP contribution in [0.25, 0.3) is 0 Å². The van der Waals surface area contributed by atoms with Crippen molar-refractivity contribution in [3.63, 3.8) is 0 Å². The van der Waals surface area contributed by atoms with Gasteiger partial charge in [-0.15, -0.1) is 0 Å². The lowest BCUT2D eigenvalue weighted by Crippen LogP contribution is -1.97. The van der Waals surface area contributed by atoms with Gasteiger partial charge in [-0.25, -0.2) is 4.57 Å². The molecule has 1 N–H and O–H groups in total. The maximum atomic E-state index is 11.8. The normalized spacial score (nSPS) is 14.3. The van der Waals surface area contributed by atoms with E-state index in [0.29, 0.717) is 5.75 Å². The first kappa shape index (κ1) is 14.3. The summed E-state index contributed by atoms with van der Waals surface area (Å²) in [6, 6.07) is 7.19. The standard InChI is InChI=1S/C13H21O3P/c1-3-4-5-6-11-17(14,15)16-13-9-7-12(2)8-10-13/h7-10H,3-6,11H2,1-2H3,(H,14,15). The highest BCUT2D eigenvalue weighted by Crippen LogP contribution is 2.43. The molecule has 4 heteroatoms. The maximum Gasteiger partial charge on any atom is 0.376 e. The van der Waals surface area contributed by atoms with Crippen molar-refractivity contribution in [2.24, 2.45) is 0 Å². The Morgan fingerprint density at radius 2 is 1.82 bits per heavy atom. The molecule has 0 saturated heterocycles. The van der Waals surface area contributed by atoms with E-state index in [1.807, 2.05) is 19.1 Å². The Hall–Kier alpha value is -0.790. The van der Waals surface area contributed by atoms with Crippen molar-refractivity contribution in [2.75, 3.05) is 6.16 Å². The van der Waals surface area contributed by atoms with Gasteiger partial charge in [-0.1, -0.05) is 43.9 Å². The Balaban J connectivity index is 2.43. The molecule has 0 bridgehead atoms. The zero-order chi connectivity index (χ0) is 12.7. The fraction of sp³-hybridized carbons (Fsp3) is 0.538. The lowest BCUT2D eigenvalue weighted by molar-refractivity contribution is 0.377. The minimum absolute atomic E-state index is 0.237. The molecule has 17 heavy (non-hydrogen) atoms. The molecule has 0 aromatic heterocycles. The number of unbranched alkanes of at least 4 members (excludes halogenated alkanes) is 3. The third kappa shape index (κ3) is 5.90. The highest BCUT2D eigenvalue weighted by Gasteiger charge is 2.19. The average molecular weight is 256 g/mol. The number of aryl methyl sites for hydroxylation is 1. The number of hydrogen-bond acceptors (Lipinski definition) is 2. The van der Waals surface area contributed by atoms with Crippen molar-refractivity contribution in [3.05, 3.63) is 29.8 Å². The Morgan fingerprint density at radius 1 is 1.18 bits per heavy atom. The zero-order valence-electron chi connectivity index (χ0n) is 10.6. The molecule has 0 saturated carbocycles. The van der Waals surface area contributed by atoms with E-state index < -0.39 is 7.60 Å². The second-order valence-electron chi connectivity index (χ2n) is 4.33. The molecule has 96 valence electrons. The molecular weight excluding hydrogens is 235 g/mol. The van der Waals surface area contributed by atoms with Crippen LogP contribution in [0.5, 0.6) is 5.75 Å². The van der Waals surface area contributed by atoms with Gasteiger partial charge in [0.25, 0.3) is 0 Å². The first-order valence-corrected chi connectivity index (χ1v) is 7.88. The second-order valence-corrected chi connectivity index (χ2v) is 6.23. The van der Waals surface area contributed by atoms with Gasteiger partial charge in [0, 0.05) is 0 Å². The van der Waals surface area contributed by atoms with Crippen LogP contribution >= 0.6 is 7.60 Å². The third-order valence-corrected chi connectivity index (χ3v) is 3.94. The Morgan fingerprint density at radius 3 is 2.41 bits per heavy atom. The average Bonchev–Trinajstić information content (AvgIpc) is 2.27. The van der Waals surface area contributed by atoms with E-state index in [2.05, 4.69) is 6.92 Å². The summed E-state index contributed by atoms with van der Waals surface area (Å²) < 4.78 is 16.9. The third-order valence-electron chi connectivity index (χ3n) is 2.56. The Kier molecular flexibility index (Phi) is 5.73. The van der Waals surface area contributed by atoms with Crippen LogP contribution in [-0.2, 0) is 4.57 Å². The van der Waals surface area contributed by atoms with Gasteiger partial charge in [0.15, 0.2) is 0 Å². The van der Waals surface area contributed by atoms with Crippen LogP contribution in [0, 0.1) is 6.92 Å². The van der Waals surface area contributed by atoms with Gasteiger partial charge in [0.1, 0.15) is 5.75 Å². The molecule has 1 rings (SSSR count). The summed E-state index contributed by atoms with van der Waals surface area (Å²) in [6.07, 6.45) is 4.19. The summed E-state index contributed by atoms with van der Waals surface area (Å²) in [7, 11) is -3.47. The van der Waals surface area contributed by atoms with Crippen LogP contribution in [0.2, 0.25) is 0 Å². The monoisotopic (exact) mass is 256 g/mol. The van der Waals surface area contributed by atoms with Crippen LogP contribution in [0.4, 0.5) is 0 Å². The molecule has 1 aromatic carbocycles. The topological polar surface area (TPSA) is 46.5 Å². The highest BCUT2D eigenvalue weighted by molar-refractivity contribution is 7.53. The lowest BCUT2D eigenvalue weighted by Gasteiger charge is -2.13. The zero-order valence-corrected chi connectivity index (χ0v) is 11.5. The van der Waals surface area contributed by atoms with Crippen molar-refractivity contribution in [1.82, 2.24) is 0 Å². The van der Waals surface area contributed by atoms with Gasteiger partial charge in [-0.05, 0) is 25.5 Å². The van der Waals surface area contributed by atoms with Crippen molar-refractivity contribution >= 4 is 7.60 Å². The molecule has 0 spiro atoms. The molecule has 1 aromatic rings. The summed E-state index contributed by atoms with van der Waals surface area (Å²) in [5.74, 6) is 0.469. The predicted molar refractivity (Wildman–Crippen MR) is 70.6 cm³/mol. The van der Waals surface area contributed by atoms with Crippen LogP contribution in [0.3, 0.4) is 0 Å². The van der Waals surface area contributed by atoms with Crippen molar-refractivity contribution in [2.45, 2.75) is 39.5 Å². The summed E-state index contributed by atoms with van der Waals surface area (Å²) in [4.78, 5) is 9.67.